The number of Topliss-reactive ketones (excluding diaryl/α,β-unsaturated/α-hetero) is 1. The Bertz CT molecular complexity index is 573. The van der Waals surface area contributed by atoms with Crippen molar-refractivity contribution in [1.82, 2.24) is 15.3 Å². The molecule has 0 bridgehead atoms. The summed E-state index contributed by atoms with van der Waals surface area (Å²) in [5, 5.41) is 3.40. The minimum atomic E-state index is 0.150. The molecule has 3 rings (SSSR count). The molecule has 0 saturated carbocycles. The number of imidazole rings is 1. The van der Waals surface area contributed by atoms with Gasteiger partial charge in [0.1, 0.15) is 5.78 Å². The molecular formula is C13H15N3O. The summed E-state index contributed by atoms with van der Waals surface area (Å²) < 4.78 is 0. The second-order valence-electron chi connectivity index (χ2n) is 4.63. The number of hydrogen-bond donors (Lipinski definition) is 2. The van der Waals surface area contributed by atoms with Gasteiger partial charge in [0.15, 0.2) is 0 Å². The molecule has 2 N–H and O–H groups in total. The summed E-state index contributed by atoms with van der Waals surface area (Å²) in [6, 6.07) is 4.33. The minimum absolute atomic E-state index is 0.150. The lowest BCUT2D eigenvalue weighted by Crippen LogP contribution is -2.32. The summed E-state index contributed by atoms with van der Waals surface area (Å²) in [6.45, 7) is 2.86. The lowest BCUT2D eigenvalue weighted by atomic mass is 9.93. The molecule has 0 radical (unpaired) electrons. The Morgan fingerprint density at radius 3 is 3.12 bits per heavy atom. The number of hydrogen-bond acceptors (Lipinski definition) is 3. The summed E-state index contributed by atoms with van der Waals surface area (Å²) >= 11 is 0. The van der Waals surface area contributed by atoms with Crippen molar-refractivity contribution in [2.24, 2.45) is 0 Å². The van der Waals surface area contributed by atoms with Crippen molar-refractivity contribution in [2.45, 2.75) is 25.8 Å². The van der Waals surface area contributed by atoms with Crippen LogP contribution in [0.2, 0.25) is 0 Å². The topological polar surface area (TPSA) is 57.8 Å². The smallest absolute Gasteiger partial charge is 0.136 e. The average Bonchev–Trinajstić information content (AvgIpc) is 2.75. The van der Waals surface area contributed by atoms with Crippen molar-refractivity contribution in [3.63, 3.8) is 0 Å². The molecule has 1 atom stereocenters. The summed E-state index contributed by atoms with van der Waals surface area (Å²) in [6.07, 6.45) is 2.95. The maximum Gasteiger partial charge on any atom is 0.136 e. The molecule has 2 heterocycles. The molecule has 1 aromatic carbocycles. The third kappa shape index (κ3) is 1.85. The van der Waals surface area contributed by atoms with Gasteiger partial charge in [-0.2, -0.15) is 0 Å². The lowest BCUT2D eigenvalue weighted by Gasteiger charge is -2.24. The van der Waals surface area contributed by atoms with Gasteiger partial charge in [0.05, 0.1) is 17.4 Å². The Morgan fingerprint density at radius 1 is 1.41 bits per heavy atom. The number of carbonyl (C=O) groups is 1. The molecular weight excluding hydrogens is 214 g/mol. The number of aryl methyl sites for hydroxylation is 1. The van der Waals surface area contributed by atoms with Crippen molar-refractivity contribution in [3.05, 3.63) is 29.6 Å². The van der Waals surface area contributed by atoms with Crippen LogP contribution in [0.1, 0.15) is 30.0 Å². The molecule has 4 heteroatoms. The fraction of sp³-hybridized carbons (Fsp3) is 0.385. The van der Waals surface area contributed by atoms with Crippen LogP contribution in [0.5, 0.6) is 0 Å². The first-order valence-corrected chi connectivity index (χ1v) is 5.93. The molecule has 2 aromatic rings. The molecule has 0 aliphatic carbocycles. The molecule has 1 aliphatic heterocycles. The van der Waals surface area contributed by atoms with Gasteiger partial charge in [-0.05, 0) is 30.2 Å². The van der Waals surface area contributed by atoms with Crippen molar-refractivity contribution < 1.29 is 4.79 Å². The van der Waals surface area contributed by atoms with Gasteiger partial charge >= 0.3 is 0 Å². The van der Waals surface area contributed by atoms with E-state index in [-0.39, 0.29) is 6.04 Å². The van der Waals surface area contributed by atoms with E-state index in [9.17, 15) is 4.79 Å². The number of ketones is 1. The van der Waals surface area contributed by atoms with Gasteiger partial charge in [-0.25, -0.2) is 4.98 Å². The molecule has 1 unspecified atom stereocenters. The molecule has 1 saturated heterocycles. The van der Waals surface area contributed by atoms with Gasteiger partial charge in [0.25, 0.3) is 0 Å². The SMILES string of the molecule is Cc1cc2[nH]cnc2cc1C1CC(=O)CCN1. The largest absolute Gasteiger partial charge is 0.345 e. The highest BCUT2D eigenvalue weighted by molar-refractivity contribution is 5.81. The number of benzene rings is 1. The van der Waals surface area contributed by atoms with E-state index in [4.69, 9.17) is 0 Å². The summed E-state index contributed by atoms with van der Waals surface area (Å²) in [5.41, 5.74) is 4.41. The maximum absolute atomic E-state index is 11.5. The third-order valence-corrected chi connectivity index (χ3v) is 3.41. The monoisotopic (exact) mass is 229 g/mol. The van der Waals surface area contributed by atoms with Crippen molar-refractivity contribution in [1.29, 1.82) is 0 Å². The van der Waals surface area contributed by atoms with Crippen LogP contribution >= 0.6 is 0 Å². The Hall–Kier alpha value is -1.68. The van der Waals surface area contributed by atoms with Crippen molar-refractivity contribution >= 4 is 16.8 Å². The molecule has 4 nitrogen and oxygen atoms in total. The van der Waals surface area contributed by atoms with Crippen LogP contribution in [0.15, 0.2) is 18.5 Å². The zero-order valence-corrected chi connectivity index (χ0v) is 9.79. The van der Waals surface area contributed by atoms with Gasteiger partial charge in [-0.3, -0.25) is 4.79 Å². The van der Waals surface area contributed by atoms with Crippen LogP contribution in [-0.4, -0.2) is 22.3 Å². The summed E-state index contributed by atoms with van der Waals surface area (Å²) in [5.74, 6) is 0.343. The number of fused-ring (bicyclic) bond motifs is 1. The lowest BCUT2D eigenvalue weighted by molar-refractivity contribution is -0.120. The maximum atomic E-state index is 11.5. The summed E-state index contributed by atoms with van der Waals surface area (Å²) in [7, 11) is 0. The van der Waals surface area contributed by atoms with E-state index >= 15 is 0 Å². The van der Waals surface area contributed by atoms with Crippen molar-refractivity contribution in [3.8, 4) is 0 Å². The highest BCUT2D eigenvalue weighted by Gasteiger charge is 2.22. The van der Waals surface area contributed by atoms with Gasteiger partial charge in [-0.15, -0.1) is 0 Å². The fourth-order valence-corrected chi connectivity index (χ4v) is 2.49. The minimum Gasteiger partial charge on any atom is -0.345 e. The molecule has 0 spiro atoms. The van der Waals surface area contributed by atoms with Gasteiger partial charge < -0.3 is 10.3 Å². The van der Waals surface area contributed by atoms with E-state index in [1.54, 1.807) is 6.33 Å². The van der Waals surface area contributed by atoms with E-state index in [0.717, 1.165) is 17.6 Å². The van der Waals surface area contributed by atoms with Crippen molar-refractivity contribution in [2.75, 3.05) is 6.54 Å². The number of carbonyl (C=O) groups excluding carboxylic acids is 1. The molecule has 1 fully saturated rings. The van der Waals surface area contributed by atoms with E-state index in [0.29, 0.717) is 18.6 Å². The number of aromatic nitrogens is 2. The van der Waals surface area contributed by atoms with E-state index < -0.39 is 0 Å². The predicted octanol–water partition coefficient (Wildman–Crippen LogP) is 1.86. The first-order chi connectivity index (χ1) is 8.24. The number of aromatic amines is 1. The van der Waals surface area contributed by atoms with Crippen LogP contribution in [-0.2, 0) is 4.79 Å². The predicted molar refractivity (Wildman–Crippen MR) is 65.8 cm³/mol. The van der Waals surface area contributed by atoms with E-state index in [2.05, 4.69) is 34.3 Å². The second kappa shape index (κ2) is 3.96. The second-order valence-corrected chi connectivity index (χ2v) is 4.63. The Balaban J connectivity index is 2.03. The molecule has 1 aromatic heterocycles. The van der Waals surface area contributed by atoms with Crippen LogP contribution in [0.4, 0.5) is 0 Å². The number of rotatable bonds is 1. The van der Waals surface area contributed by atoms with Crippen LogP contribution in [0.25, 0.3) is 11.0 Å². The normalized spacial score (nSPS) is 21.0. The first kappa shape index (κ1) is 10.5. The molecule has 17 heavy (non-hydrogen) atoms. The van der Waals surface area contributed by atoms with Crippen LogP contribution in [0, 0.1) is 6.92 Å². The zero-order valence-electron chi connectivity index (χ0n) is 9.79. The average molecular weight is 229 g/mol. The highest BCUT2D eigenvalue weighted by Crippen LogP contribution is 2.27. The number of nitrogens with one attached hydrogen (secondary N) is 2. The van der Waals surface area contributed by atoms with Gasteiger partial charge in [0, 0.05) is 25.4 Å². The quantitative estimate of drug-likeness (QED) is 0.784. The molecule has 1 aliphatic rings. The highest BCUT2D eigenvalue weighted by atomic mass is 16.1. The number of H-pyrrole nitrogens is 1. The van der Waals surface area contributed by atoms with E-state index in [1.165, 1.54) is 11.1 Å². The third-order valence-electron chi connectivity index (χ3n) is 3.41. The Morgan fingerprint density at radius 2 is 2.29 bits per heavy atom. The summed E-state index contributed by atoms with van der Waals surface area (Å²) in [4.78, 5) is 18.9. The zero-order chi connectivity index (χ0) is 11.8. The van der Waals surface area contributed by atoms with Gasteiger partial charge in [-0.1, -0.05) is 0 Å². The molecule has 0 amide bonds. The fourth-order valence-electron chi connectivity index (χ4n) is 2.49. The van der Waals surface area contributed by atoms with Crippen LogP contribution in [0.3, 0.4) is 0 Å². The Labute approximate surface area is 99.4 Å². The van der Waals surface area contributed by atoms with Crippen LogP contribution < -0.4 is 5.32 Å². The Kier molecular flexibility index (Phi) is 2.44. The molecule has 88 valence electrons. The van der Waals surface area contributed by atoms with E-state index in [1.807, 2.05) is 0 Å². The first-order valence-electron chi connectivity index (χ1n) is 5.93. The number of piperidine rings is 1. The number of nitrogens with zero attached hydrogens (tertiary/aromatic N) is 1. The van der Waals surface area contributed by atoms with Gasteiger partial charge in [0.2, 0.25) is 0 Å². The standard InChI is InChI=1S/C13H15N3O/c1-8-4-12-13(16-7-15-12)6-10(8)11-5-9(17)2-3-14-11/h4,6-7,11,14H,2-3,5H2,1H3,(H,15,16).